The molecular formula is C21H20N2O2. The van der Waals surface area contributed by atoms with Gasteiger partial charge in [0.25, 0.3) is 11.5 Å². The number of amides is 1. The van der Waals surface area contributed by atoms with Crippen molar-refractivity contribution in [2.24, 2.45) is 0 Å². The minimum atomic E-state index is -0.215. The fourth-order valence-electron chi connectivity index (χ4n) is 3.63. The number of H-pyrrole nitrogens is 1. The van der Waals surface area contributed by atoms with E-state index in [1.54, 1.807) is 12.1 Å². The van der Waals surface area contributed by atoms with E-state index in [1.807, 2.05) is 23.1 Å². The maximum Gasteiger partial charge on any atom is 0.270 e. The number of carbonyl (C=O) groups excluding carboxylic acids is 1. The fraction of sp³-hybridized carbons (Fsp3) is 0.238. The van der Waals surface area contributed by atoms with Crippen LogP contribution in [0.25, 0.3) is 10.8 Å². The Balaban J connectivity index is 1.70. The molecule has 0 bridgehead atoms. The second-order valence-electron chi connectivity index (χ2n) is 6.67. The van der Waals surface area contributed by atoms with Gasteiger partial charge in [-0.3, -0.25) is 9.59 Å². The van der Waals surface area contributed by atoms with E-state index >= 15 is 0 Å². The highest BCUT2D eigenvalue weighted by atomic mass is 16.2. The van der Waals surface area contributed by atoms with Crippen LogP contribution in [0.4, 0.5) is 0 Å². The Morgan fingerprint density at radius 3 is 2.68 bits per heavy atom. The lowest BCUT2D eigenvalue weighted by molar-refractivity contribution is 0.0729. The van der Waals surface area contributed by atoms with E-state index < -0.39 is 0 Å². The maximum atomic E-state index is 13.0. The van der Waals surface area contributed by atoms with Crippen molar-refractivity contribution in [3.05, 3.63) is 81.8 Å². The number of hydrogen-bond acceptors (Lipinski definition) is 2. The molecule has 1 aliphatic rings. The van der Waals surface area contributed by atoms with Crippen LogP contribution in [0.15, 0.2) is 59.4 Å². The van der Waals surface area contributed by atoms with E-state index in [0.717, 1.165) is 23.8 Å². The van der Waals surface area contributed by atoms with E-state index in [4.69, 9.17) is 0 Å². The van der Waals surface area contributed by atoms with Crippen molar-refractivity contribution in [1.82, 2.24) is 9.88 Å². The van der Waals surface area contributed by atoms with Crippen LogP contribution in [0.3, 0.4) is 0 Å². The van der Waals surface area contributed by atoms with Gasteiger partial charge in [0.05, 0.1) is 6.04 Å². The van der Waals surface area contributed by atoms with E-state index in [9.17, 15) is 9.59 Å². The largest absolute Gasteiger partial charge is 0.330 e. The summed E-state index contributed by atoms with van der Waals surface area (Å²) in [6.45, 7) is 2.77. The lowest BCUT2D eigenvalue weighted by atomic mass is 10.0. The summed E-state index contributed by atoms with van der Waals surface area (Å²) < 4.78 is 0. The minimum absolute atomic E-state index is 0.0723. The van der Waals surface area contributed by atoms with Gasteiger partial charge in [0.1, 0.15) is 5.69 Å². The molecule has 0 radical (unpaired) electrons. The van der Waals surface area contributed by atoms with Gasteiger partial charge in [-0.1, -0.05) is 48.0 Å². The third kappa shape index (κ3) is 2.84. The molecule has 2 aromatic carbocycles. The van der Waals surface area contributed by atoms with E-state index in [-0.39, 0.29) is 17.5 Å². The van der Waals surface area contributed by atoms with Crippen LogP contribution in [0, 0.1) is 6.92 Å². The minimum Gasteiger partial charge on any atom is -0.330 e. The average Bonchev–Trinajstić information content (AvgIpc) is 3.11. The SMILES string of the molecule is Cc1ccc(C2CCCN2C(=O)c2cc3ccccc3c(=O)[nH]2)cc1. The van der Waals surface area contributed by atoms with Crippen molar-refractivity contribution in [1.29, 1.82) is 0 Å². The number of aryl methyl sites for hydroxylation is 1. The van der Waals surface area contributed by atoms with Crippen LogP contribution in [0.2, 0.25) is 0 Å². The van der Waals surface area contributed by atoms with E-state index in [1.165, 1.54) is 5.56 Å². The Morgan fingerprint density at radius 1 is 1.12 bits per heavy atom. The van der Waals surface area contributed by atoms with Gasteiger partial charge in [-0.15, -0.1) is 0 Å². The van der Waals surface area contributed by atoms with Crippen molar-refractivity contribution < 1.29 is 4.79 Å². The standard InChI is InChI=1S/C21H20N2O2/c1-14-8-10-15(11-9-14)19-7-4-12-23(19)21(25)18-13-16-5-2-3-6-17(16)20(24)22-18/h2-3,5-6,8-11,13,19H,4,7,12H2,1H3,(H,22,24). The number of carbonyl (C=O) groups is 1. The van der Waals surface area contributed by atoms with Crippen LogP contribution in [-0.2, 0) is 0 Å². The van der Waals surface area contributed by atoms with Crippen LogP contribution in [0.1, 0.15) is 40.5 Å². The highest BCUT2D eigenvalue weighted by molar-refractivity contribution is 5.96. The number of aromatic amines is 1. The maximum absolute atomic E-state index is 13.0. The molecule has 1 fully saturated rings. The zero-order valence-electron chi connectivity index (χ0n) is 14.2. The topological polar surface area (TPSA) is 53.2 Å². The molecule has 1 unspecified atom stereocenters. The summed E-state index contributed by atoms with van der Waals surface area (Å²) in [6.07, 6.45) is 1.93. The van der Waals surface area contributed by atoms with Crippen LogP contribution >= 0.6 is 0 Å². The van der Waals surface area contributed by atoms with Gasteiger partial charge in [0.2, 0.25) is 0 Å². The third-order valence-corrected chi connectivity index (χ3v) is 4.96. The molecule has 1 atom stereocenters. The molecular weight excluding hydrogens is 312 g/mol. The summed E-state index contributed by atoms with van der Waals surface area (Å²) >= 11 is 0. The molecule has 4 heteroatoms. The van der Waals surface area contributed by atoms with Gasteiger partial charge in [-0.25, -0.2) is 0 Å². The normalized spacial score (nSPS) is 17.2. The van der Waals surface area contributed by atoms with Crippen LogP contribution in [-0.4, -0.2) is 22.3 Å². The highest BCUT2D eigenvalue weighted by Crippen LogP contribution is 2.33. The van der Waals surface area contributed by atoms with Crippen molar-refractivity contribution in [3.8, 4) is 0 Å². The summed E-state index contributed by atoms with van der Waals surface area (Å²) in [7, 11) is 0. The Morgan fingerprint density at radius 2 is 1.88 bits per heavy atom. The van der Waals surface area contributed by atoms with Gasteiger partial charge in [0, 0.05) is 11.9 Å². The molecule has 0 spiro atoms. The third-order valence-electron chi connectivity index (χ3n) is 4.96. The van der Waals surface area contributed by atoms with Gasteiger partial charge >= 0.3 is 0 Å². The molecule has 1 aromatic heterocycles. The first-order valence-electron chi connectivity index (χ1n) is 8.63. The first-order valence-corrected chi connectivity index (χ1v) is 8.63. The zero-order chi connectivity index (χ0) is 17.4. The molecule has 126 valence electrons. The van der Waals surface area contributed by atoms with Crippen molar-refractivity contribution in [3.63, 3.8) is 0 Å². The lowest BCUT2D eigenvalue weighted by Crippen LogP contribution is -2.32. The highest BCUT2D eigenvalue weighted by Gasteiger charge is 2.31. The Kier molecular flexibility index (Phi) is 3.88. The van der Waals surface area contributed by atoms with Crippen LogP contribution < -0.4 is 5.56 Å². The predicted octanol–water partition coefficient (Wildman–Crippen LogP) is 3.81. The molecule has 3 aromatic rings. The quantitative estimate of drug-likeness (QED) is 0.776. The predicted molar refractivity (Wildman–Crippen MR) is 98.8 cm³/mol. The molecule has 0 saturated carbocycles. The fourth-order valence-corrected chi connectivity index (χ4v) is 3.63. The summed E-state index contributed by atoms with van der Waals surface area (Å²) in [4.78, 5) is 30.0. The molecule has 2 heterocycles. The molecule has 0 aliphatic carbocycles. The number of rotatable bonds is 2. The van der Waals surface area contributed by atoms with Crippen LogP contribution in [0.5, 0.6) is 0 Å². The van der Waals surface area contributed by atoms with E-state index in [2.05, 4.69) is 36.2 Å². The zero-order valence-corrected chi connectivity index (χ0v) is 14.2. The molecule has 1 aliphatic heterocycles. The summed E-state index contributed by atoms with van der Waals surface area (Å²) in [6, 6.07) is 17.5. The molecule has 25 heavy (non-hydrogen) atoms. The monoisotopic (exact) mass is 332 g/mol. The first-order chi connectivity index (χ1) is 12.1. The number of likely N-dealkylation sites (tertiary alicyclic amines) is 1. The number of nitrogens with zero attached hydrogens (tertiary/aromatic N) is 1. The second kappa shape index (κ2) is 6.20. The molecule has 4 rings (SSSR count). The Labute approximate surface area is 146 Å². The lowest BCUT2D eigenvalue weighted by Gasteiger charge is -2.25. The van der Waals surface area contributed by atoms with Crippen molar-refractivity contribution in [2.45, 2.75) is 25.8 Å². The van der Waals surface area contributed by atoms with Crippen molar-refractivity contribution >= 4 is 16.7 Å². The average molecular weight is 332 g/mol. The molecule has 1 amide bonds. The van der Waals surface area contributed by atoms with Gasteiger partial charge < -0.3 is 9.88 Å². The molecule has 1 saturated heterocycles. The van der Waals surface area contributed by atoms with Gasteiger partial charge in [0.15, 0.2) is 0 Å². The van der Waals surface area contributed by atoms with E-state index in [0.29, 0.717) is 17.6 Å². The Bertz CT molecular complexity index is 989. The number of nitrogens with one attached hydrogen (secondary N) is 1. The number of benzene rings is 2. The molecule has 1 N–H and O–H groups in total. The number of pyridine rings is 1. The Hall–Kier alpha value is -2.88. The number of fused-ring (bicyclic) bond motifs is 1. The summed E-state index contributed by atoms with van der Waals surface area (Å²) in [5.41, 5.74) is 2.51. The molecule has 4 nitrogen and oxygen atoms in total. The number of aromatic nitrogens is 1. The van der Waals surface area contributed by atoms with Gasteiger partial charge in [-0.2, -0.15) is 0 Å². The van der Waals surface area contributed by atoms with Gasteiger partial charge in [-0.05, 0) is 42.8 Å². The number of hydrogen-bond donors (Lipinski definition) is 1. The smallest absolute Gasteiger partial charge is 0.270 e. The van der Waals surface area contributed by atoms with Crippen molar-refractivity contribution in [2.75, 3.05) is 6.54 Å². The summed E-state index contributed by atoms with van der Waals surface area (Å²) in [5.74, 6) is -0.106. The second-order valence-corrected chi connectivity index (χ2v) is 6.67. The first kappa shape index (κ1) is 15.6. The summed E-state index contributed by atoms with van der Waals surface area (Å²) in [5, 5.41) is 1.40.